The van der Waals surface area contributed by atoms with Crippen molar-refractivity contribution in [2.75, 3.05) is 6.54 Å². The fraction of sp³-hybridized carbons (Fsp3) is 0.647. The normalized spacial score (nSPS) is 19.3. The highest BCUT2D eigenvalue weighted by molar-refractivity contribution is 5.24. The fourth-order valence-corrected chi connectivity index (χ4v) is 2.97. The summed E-state index contributed by atoms with van der Waals surface area (Å²) in [7, 11) is 0. The summed E-state index contributed by atoms with van der Waals surface area (Å²) in [5, 5.41) is 3.80. The minimum absolute atomic E-state index is 0.523. The number of nitrogens with one attached hydrogen (secondary N) is 1. The Morgan fingerprint density at radius 1 is 1.17 bits per heavy atom. The zero-order valence-electron chi connectivity index (χ0n) is 12.1. The van der Waals surface area contributed by atoms with Crippen LogP contribution in [-0.2, 0) is 0 Å². The van der Waals surface area contributed by atoms with Crippen LogP contribution >= 0.6 is 0 Å². The third kappa shape index (κ3) is 2.95. The Morgan fingerprint density at radius 3 is 2.28 bits per heavy atom. The van der Waals surface area contributed by atoms with E-state index >= 15 is 0 Å². The van der Waals surface area contributed by atoms with E-state index in [-0.39, 0.29) is 0 Å². The summed E-state index contributed by atoms with van der Waals surface area (Å²) in [5.74, 6) is 0. The van der Waals surface area contributed by atoms with Gasteiger partial charge in [0.25, 0.3) is 0 Å². The van der Waals surface area contributed by atoms with Crippen molar-refractivity contribution in [3.05, 3.63) is 35.4 Å². The standard InChI is InChI=1S/C17H27N/c1-4-16(15-9-7-14(3)8-10-15)18-13-17(5-2)11-6-12-17/h7-10,16,18H,4-6,11-13H2,1-3H3. The van der Waals surface area contributed by atoms with E-state index in [0.29, 0.717) is 11.5 Å². The first-order valence-corrected chi connectivity index (χ1v) is 7.49. The largest absolute Gasteiger partial charge is 0.309 e. The molecule has 0 heterocycles. The lowest BCUT2D eigenvalue weighted by molar-refractivity contribution is 0.118. The van der Waals surface area contributed by atoms with Crippen molar-refractivity contribution in [3.63, 3.8) is 0 Å². The van der Waals surface area contributed by atoms with Crippen LogP contribution in [0.5, 0.6) is 0 Å². The van der Waals surface area contributed by atoms with Gasteiger partial charge in [-0.05, 0) is 43.6 Å². The number of hydrogen-bond acceptors (Lipinski definition) is 1. The van der Waals surface area contributed by atoms with E-state index in [9.17, 15) is 0 Å². The second-order valence-electron chi connectivity index (χ2n) is 5.96. The van der Waals surface area contributed by atoms with Crippen LogP contribution < -0.4 is 5.32 Å². The third-order valence-corrected chi connectivity index (χ3v) is 4.78. The van der Waals surface area contributed by atoms with Gasteiger partial charge in [-0.25, -0.2) is 0 Å². The van der Waals surface area contributed by atoms with E-state index in [0.717, 1.165) is 0 Å². The topological polar surface area (TPSA) is 12.0 Å². The Morgan fingerprint density at radius 2 is 1.83 bits per heavy atom. The van der Waals surface area contributed by atoms with Gasteiger partial charge in [0.15, 0.2) is 0 Å². The highest BCUT2D eigenvalue weighted by Gasteiger charge is 2.35. The van der Waals surface area contributed by atoms with E-state index < -0.39 is 0 Å². The molecule has 1 nitrogen and oxygen atoms in total. The Labute approximate surface area is 112 Å². The molecular formula is C17H27N. The van der Waals surface area contributed by atoms with Gasteiger partial charge in [0.05, 0.1) is 0 Å². The minimum Gasteiger partial charge on any atom is -0.309 e. The molecule has 1 atom stereocenters. The Bertz CT molecular complexity index is 356. The van der Waals surface area contributed by atoms with Gasteiger partial charge in [-0.2, -0.15) is 0 Å². The van der Waals surface area contributed by atoms with Crippen LogP contribution in [0.15, 0.2) is 24.3 Å². The molecule has 1 fully saturated rings. The second kappa shape index (κ2) is 5.88. The Hall–Kier alpha value is -0.820. The molecule has 100 valence electrons. The van der Waals surface area contributed by atoms with Gasteiger partial charge in [0.2, 0.25) is 0 Å². The molecule has 1 aliphatic rings. The number of rotatable bonds is 6. The van der Waals surface area contributed by atoms with Crippen molar-refractivity contribution in [1.29, 1.82) is 0 Å². The van der Waals surface area contributed by atoms with Crippen LogP contribution in [0.1, 0.15) is 63.1 Å². The number of aryl methyl sites for hydroxylation is 1. The zero-order chi connectivity index (χ0) is 13.0. The Balaban J connectivity index is 1.95. The molecule has 0 amide bonds. The predicted molar refractivity (Wildman–Crippen MR) is 78.8 cm³/mol. The molecule has 1 heteroatoms. The molecular weight excluding hydrogens is 218 g/mol. The van der Waals surface area contributed by atoms with Crippen LogP contribution in [0, 0.1) is 12.3 Å². The average molecular weight is 245 g/mol. The summed E-state index contributed by atoms with van der Waals surface area (Å²) in [6.07, 6.45) is 6.76. The quantitative estimate of drug-likeness (QED) is 0.771. The predicted octanol–water partition coefficient (Wildman–Crippen LogP) is 4.62. The van der Waals surface area contributed by atoms with Gasteiger partial charge < -0.3 is 5.32 Å². The van der Waals surface area contributed by atoms with Crippen LogP contribution in [0.25, 0.3) is 0 Å². The number of hydrogen-bond donors (Lipinski definition) is 1. The molecule has 1 N–H and O–H groups in total. The van der Waals surface area contributed by atoms with Crippen LogP contribution in [0.3, 0.4) is 0 Å². The van der Waals surface area contributed by atoms with E-state index in [2.05, 4.69) is 50.4 Å². The first-order valence-electron chi connectivity index (χ1n) is 7.49. The Kier molecular flexibility index (Phi) is 4.45. The van der Waals surface area contributed by atoms with E-state index in [1.807, 2.05) is 0 Å². The fourth-order valence-electron chi connectivity index (χ4n) is 2.97. The summed E-state index contributed by atoms with van der Waals surface area (Å²) < 4.78 is 0. The first kappa shape index (κ1) is 13.6. The summed E-state index contributed by atoms with van der Waals surface area (Å²) in [4.78, 5) is 0. The molecule has 0 spiro atoms. The molecule has 2 rings (SSSR count). The van der Waals surface area contributed by atoms with Gasteiger partial charge in [-0.15, -0.1) is 0 Å². The molecule has 1 aromatic carbocycles. The second-order valence-corrected chi connectivity index (χ2v) is 5.96. The molecule has 1 saturated carbocycles. The SMILES string of the molecule is CCC(NCC1(CC)CCC1)c1ccc(C)cc1. The van der Waals surface area contributed by atoms with Crippen molar-refractivity contribution in [1.82, 2.24) is 5.32 Å². The maximum Gasteiger partial charge on any atom is 0.0317 e. The summed E-state index contributed by atoms with van der Waals surface area (Å²) >= 11 is 0. The van der Waals surface area contributed by atoms with Gasteiger partial charge in [-0.3, -0.25) is 0 Å². The maximum absolute atomic E-state index is 3.80. The maximum atomic E-state index is 3.80. The lowest BCUT2D eigenvalue weighted by Crippen LogP contribution is -2.40. The summed E-state index contributed by atoms with van der Waals surface area (Å²) in [6, 6.07) is 9.51. The van der Waals surface area contributed by atoms with Crippen molar-refractivity contribution in [2.24, 2.45) is 5.41 Å². The molecule has 0 aliphatic heterocycles. The van der Waals surface area contributed by atoms with E-state index in [1.54, 1.807) is 0 Å². The van der Waals surface area contributed by atoms with Crippen molar-refractivity contribution >= 4 is 0 Å². The summed E-state index contributed by atoms with van der Waals surface area (Å²) in [6.45, 7) is 7.96. The summed E-state index contributed by atoms with van der Waals surface area (Å²) in [5.41, 5.74) is 3.39. The lowest BCUT2D eigenvalue weighted by Gasteiger charge is -2.42. The average Bonchev–Trinajstić information content (AvgIpc) is 2.35. The molecule has 18 heavy (non-hydrogen) atoms. The molecule has 0 radical (unpaired) electrons. The molecule has 1 aliphatic carbocycles. The van der Waals surface area contributed by atoms with Crippen LogP contribution in [-0.4, -0.2) is 6.54 Å². The van der Waals surface area contributed by atoms with Crippen molar-refractivity contribution < 1.29 is 0 Å². The smallest absolute Gasteiger partial charge is 0.0317 e. The van der Waals surface area contributed by atoms with Crippen molar-refractivity contribution in [3.8, 4) is 0 Å². The highest BCUT2D eigenvalue weighted by Crippen LogP contribution is 2.43. The molecule has 0 aromatic heterocycles. The number of benzene rings is 1. The van der Waals surface area contributed by atoms with Crippen LogP contribution in [0.2, 0.25) is 0 Å². The monoisotopic (exact) mass is 245 g/mol. The van der Waals surface area contributed by atoms with E-state index in [1.165, 1.54) is 49.8 Å². The van der Waals surface area contributed by atoms with Crippen LogP contribution in [0.4, 0.5) is 0 Å². The zero-order valence-corrected chi connectivity index (χ0v) is 12.1. The third-order valence-electron chi connectivity index (χ3n) is 4.78. The highest BCUT2D eigenvalue weighted by atomic mass is 14.9. The minimum atomic E-state index is 0.523. The van der Waals surface area contributed by atoms with E-state index in [4.69, 9.17) is 0 Å². The first-order chi connectivity index (χ1) is 8.69. The molecule has 1 aromatic rings. The van der Waals surface area contributed by atoms with Gasteiger partial charge in [0.1, 0.15) is 0 Å². The van der Waals surface area contributed by atoms with Gasteiger partial charge in [0, 0.05) is 12.6 Å². The van der Waals surface area contributed by atoms with Crippen molar-refractivity contribution in [2.45, 2.75) is 58.9 Å². The van der Waals surface area contributed by atoms with Gasteiger partial charge >= 0.3 is 0 Å². The van der Waals surface area contributed by atoms with Gasteiger partial charge in [-0.1, -0.05) is 50.1 Å². The lowest BCUT2D eigenvalue weighted by atomic mass is 9.67. The molecule has 0 saturated heterocycles. The molecule has 1 unspecified atom stereocenters. The molecule has 0 bridgehead atoms.